The van der Waals surface area contributed by atoms with Crippen molar-refractivity contribution < 1.29 is 19.2 Å². The molecule has 342 valence electrons. The Morgan fingerprint density at radius 1 is 0.712 bits per heavy atom. The Morgan fingerprint density at radius 3 is 1.76 bits per heavy atom. The van der Waals surface area contributed by atoms with Crippen LogP contribution in [0.25, 0.3) is 6.08 Å². The monoisotopic (exact) mass is 882 g/mol. The van der Waals surface area contributed by atoms with E-state index < -0.39 is 5.97 Å². The molecule has 66 heavy (non-hydrogen) atoms. The third kappa shape index (κ3) is 12.4. The molecular weight excluding hydrogens is 813 g/mol. The molecule has 0 bridgehead atoms. The van der Waals surface area contributed by atoms with Gasteiger partial charge in [-0.1, -0.05) is 132 Å². The van der Waals surface area contributed by atoms with Crippen molar-refractivity contribution in [3.05, 3.63) is 186 Å². The van der Waals surface area contributed by atoms with Gasteiger partial charge in [0.15, 0.2) is 5.71 Å². The lowest BCUT2D eigenvalue weighted by atomic mass is 9.80. The highest BCUT2D eigenvalue weighted by Gasteiger charge is 2.44. The van der Waals surface area contributed by atoms with Crippen molar-refractivity contribution in [3.63, 3.8) is 0 Å². The fourth-order valence-corrected chi connectivity index (χ4v) is 9.09. The second-order valence-electron chi connectivity index (χ2n) is 17.8. The fraction of sp³-hybridized carbons (Fsp3) is 0.305. The number of anilines is 5. The normalized spacial score (nSPS) is 16.0. The van der Waals surface area contributed by atoms with E-state index in [1.165, 1.54) is 31.4 Å². The number of unbranched alkanes of at least 4 members (excludes halogenated alkanes) is 2. The first-order valence-corrected chi connectivity index (χ1v) is 23.7. The molecule has 8 rings (SSSR count). The Balaban J connectivity index is 0.000000580. The second-order valence-corrected chi connectivity index (χ2v) is 17.8. The summed E-state index contributed by atoms with van der Waals surface area (Å²) in [4.78, 5) is 14.1. The van der Waals surface area contributed by atoms with E-state index in [9.17, 15) is 9.90 Å². The average Bonchev–Trinajstić information content (AvgIpc) is 3.86. The van der Waals surface area contributed by atoms with Crippen LogP contribution in [0.2, 0.25) is 0 Å². The maximum atomic E-state index is 11.9. The molecular formula is C59H69N4O3+. The average molecular weight is 882 g/mol. The maximum absolute atomic E-state index is 11.9. The van der Waals surface area contributed by atoms with Crippen molar-refractivity contribution >= 4 is 58.1 Å². The van der Waals surface area contributed by atoms with Gasteiger partial charge in [-0.25, -0.2) is 9.80 Å². The van der Waals surface area contributed by atoms with Crippen LogP contribution in [0.15, 0.2) is 169 Å². The third-order valence-electron chi connectivity index (χ3n) is 12.8. The van der Waals surface area contributed by atoms with E-state index in [0.29, 0.717) is 5.56 Å². The van der Waals surface area contributed by atoms with Gasteiger partial charge in [0.25, 0.3) is 0 Å². The summed E-state index contributed by atoms with van der Waals surface area (Å²) in [5.41, 5.74) is 10.5. The molecule has 1 aliphatic carbocycles. The fourth-order valence-electron chi connectivity index (χ4n) is 9.09. The zero-order chi connectivity index (χ0) is 46.9. The SMILES string of the molecule is CCC1CCCC1C.CCCCC[N+]1=C(/C=C/c2ccc(N(/N=C/c3ccc(N(c4ccccc4)c4ccccc4)cc3)c3ccccc3)cc2)C(C)(C)c2cc(C(=O)O)ccc21.COC. The first-order valence-electron chi connectivity index (χ1n) is 23.7. The summed E-state index contributed by atoms with van der Waals surface area (Å²) >= 11 is 0. The number of carboxylic acid groups (broad SMARTS) is 1. The number of hydrogen-bond donors (Lipinski definition) is 1. The standard InChI is InChI=1S/C49H46N4O2.C8H16.C2H6O/c1-4-5-15-34-51-46-32-27-39(48(54)55)35-45(46)49(2,3)47(51)33-26-37-22-30-44(31-23-37)53(43-20-13-8-14-21-43)50-36-38-24-28-42(29-25-38)52(40-16-9-6-10-17-40)41-18-11-7-12-19-41;1-3-8-6-4-5-7(8)2;1-3-2/h6-14,16-33,35-36H,4-5,15,34H2,1-3H3;7-8H,3-6H2,1-2H3;1-2H3/p+1/b50-36+;;. The molecule has 7 heteroatoms. The highest BCUT2D eigenvalue weighted by Crippen LogP contribution is 2.41. The van der Waals surface area contributed by atoms with Crippen molar-refractivity contribution in [2.24, 2.45) is 16.9 Å². The number of methoxy groups -OCH3 is 1. The third-order valence-corrected chi connectivity index (χ3v) is 12.8. The summed E-state index contributed by atoms with van der Waals surface area (Å²) in [7, 11) is 3.25. The van der Waals surface area contributed by atoms with Crippen LogP contribution < -0.4 is 9.91 Å². The summed E-state index contributed by atoms with van der Waals surface area (Å²) in [6.07, 6.45) is 15.5. The van der Waals surface area contributed by atoms with Crippen molar-refractivity contribution in [1.29, 1.82) is 0 Å². The van der Waals surface area contributed by atoms with Crippen LogP contribution in [0.5, 0.6) is 0 Å². The van der Waals surface area contributed by atoms with E-state index in [1.807, 2.05) is 53.7 Å². The highest BCUT2D eigenvalue weighted by atomic mass is 16.4. The number of hydrazone groups is 1. The first kappa shape index (κ1) is 48.9. The van der Waals surface area contributed by atoms with Gasteiger partial charge in [-0.15, -0.1) is 0 Å². The van der Waals surface area contributed by atoms with Crippen LogP contribution in [0.3, 0.4) is 0 Å². The number of allylic oxidation sites excluding steroid dienone is 1. The van der Waals surface area contributed by atoms with Crippen LogP contribution in [-0.2, 0) is 10.2 Å². The molecule has 0 spiro atoms. The Bertz CT molecular complexity index is 2480. The molecule has 0 aromatic heterocycles. The number of ether oxygens (including phenoxy) is 1. The maximum Gasteiger partial charge on any atom is 0.335 e. The summed E-state index contributed by atoms with van der Waals surface area (Å²) in [6, 6.07) is 53.4. The molecule has 1 aliphatic heterocycles. The van der Waals surface area contributed by atoms with E-state index >= 15 is 0 Å². The molecule has 2 atom stereocenters. The number of nitrogens with zero attached hydrogens (tertiary/aromatic N) is 4. The molecule has 2 aliphatic rings. The van der Waals surface area contributed by atoms with Crippen LogP contribution in [0.1, 0.15) is 107 Å². The predicted octanol–water partition coefficient (Wildman–Crippen LogP) is 15.4. The minimum atomic E-state index is -0.902. The van der Waals surface area contributed by atoms with Gasteiger partial charge in [-0.2, -0.15) is 9.68 Å². The van der Waals surface area contributed by atoms with E-state index in [-0.39, 0.29) is 5.41 Å². The molecule has 1 fully saturated rings. The van der Waals surface area contributed by atoms with E-state index in [2.05, 4.69) is 170 Å². The number of fused-ring (bicyclic) bond motifs is 1. The van der Waals surface area contributed by atoms with Gasteiger partial charge in [0, 0.05) is 55.4 Å². The molecule has 6 aromatic carbocycles. The Hall–Kier alpha value is -6.57. The molecule has 7 nitrogen and oxygen atoms in total. The zero-order valence-electron chi connectivity index (χ0n) is 40.1. The lowest BCUT2D eigenvalue weighted by Crippen LogP contribution is -2.28. The number of carbonyl (C=O) groups is 1. The van der Waals surface area contributed by atoms with Gasteiger partial charge in [0.05, 0.1) is 28.6 Å². The zero-order valence-corrected chi connectivity index (χ0v) is 40.1. The minimum absolute atomic E-state index is 0.321. The number of aromatic carboxylic acids is 1. The summed E-state index contributed by atoms with van der Waals surface area (Å²) in [5, 5.41) is 16.7. The number of hydrogen-bond acceptors (Lipinski definition) is 5. The molecule has 1 saturated carbocycles. The minimum Gasteiger partial charge on any atom is -0.478 e. The van der Waals surface area contributed by atoms with Crippen molar-refractivity contribution in [2.45, 2.75) is 85.0 Å². The second kappa shape index (κ2) is 24.1. The number of rotatable bonds is 15. The van der Waals surface area contributed by atoms with Gasteiger partial charge in [-0.05, 0) is 122 Å². The molecule has 1 N–H and O–H groups in total. The van der Waals surface area contributed by atoms with Crippen LogP contribution in [0, 0.1) is 11.8 Å². The summed E-state index contributed by atoms with van der Waals surface area (Å²) in [5.74, 6) is 1.19. The highest BCUT2D eigenvalue weighted by molar-refractivity contribution is 6.06. The van der Waals surface area contributed by atoms with Crippen molar-refractivity contribution in [1.82, 2.24) is 0 Å². The molecule has 0 amide bonds. The van der Waals surface area contributed by atoms with Crippen LogP contribution in [-0.4, -0.2) is 48.3 Å². The van der Waals surface area contributed by atoms with Gasteiger partial charge in [0.2, 0.25) is 5.69 Å². The smallest absolute Gasteiger partial charge is 0.335 e. The van der Waals surface area contributed by atoms with Crippen molar-refractivity contribution in [3.8, 4) is 0 Å². The first-order chi connectivity index (χ1) is 32.1. The van der Waals surface area contributed by atoms with Gasteiger partial charge >= 0.3 is 5.97 Å². The number of benzene rings is 6. The largest absolute Gasteiger partial charge is 0.478 e. The summed E-state index contributed by atoms with van der Waals surface area (Å²) in [6.45, 7) is 12.2. The molecule has 6 aromatic rings. The van der Waals surface area contributed by atoms with Crippen LogP contribution >= 0.6 is 0 Å². The van der Waals surface area contributed by atoms with Crippen LogP contribution in [0.4, 0.5) is 34.1 Å². The molecule has 1 heterocycles. The number of para-hydroxylation sites is 3. The quantitative estimate of drug-likeness (QED) is 0.0482. The van der Waals surface area contributed by atoms with Crippen molar-refractivity contribution in [2.75, 3.05) is 30.7 Å². The van der Waals surface area contributed by atoms with E-state index in [1.54, 1.807) is 20.3 Å². The lowest BCUT2D eigenvalue weighted by molar-refractivity contribution is -0.438. The predicted molar refractivity (Wildman–Crippen MR) is 278 cm³/mol. The molecule has 0 saturated heterocycles. The van der Waals surface area contributed by atoms with E-state index in [0.717, 1.165) is 88.5 Å². The molecule has 0 radical (unpaired) electrons. The number of carboxylic acids is 1. The van der Waals surface area contributed by atoms with Gasteiger partial charge in [0.1, 0.15) is 6.54 Å². The topological polar surface area (TPSA) is 68.4 Å². The Morgan fingerprint density at radius 2 is 1.24 bits per heavy atom. The summed E-state index contributed by atoms with van der Waals surface area (Å²) < 4.78 is 6.63. The lowest BCUT2D eigenvalue weighted by Gasteiger charge is -2.25. The van der Waals surface area contributed by atoms with E-state index in [4.69, 9.17) is 5.10 Å². The molecule has 2 unspecified atom stereocenters. The Kier molecular flexibility index (Phi) is 17.8. The Labute approximate surface area is 394 Å². The van der Waals surface area contributed by atoms with Gasteiger partial charge in [-0.3, -0.25) is 0 Å². The van der Waals surface area contributed by atoms with Gasteiger partial charge < -0.3 is 14.7 Å².